The van der Waals surface area contributed by atoms with E-state index in [2.05, 4.69) is 88.9 Å². The zero-order chi connectivity index (χ0) is 22.2. The van der Waals surface area contributed by atoms with Gasteiger partial charge in [-0.2, -0.15) is 0 Å². The van der Waals surface area contributed by atoms with E-state index in [1.54, 1.807) is 0 Å². The maximum absolute atomic E-state index is 13.8. The lowest BCUT2D eigenvalue weighted by Gasteiger charge is -2.38. The van der Waals surface area contributed by atoms with Gasteiger partial charge < -0.3 is 4.74 Å². The van der Waals surface area contributed by atoms with Crippen molar-refractivity contribution in [2.75, 3.05) is 0 Å². The van der Waals surface area contributed by atoms with E-state index in [1.807, 2.05) is 0 Å². The van der Waals surface area contributed by atoms with Gasteiger partial charge in [0.15, 0.2) is 11.0 Å². The number of hydrogen-bond donors (Lipinski definition) is 0. The molecule has 4 nitrogen and oxygen atoms in total. The van der Waals surface area contributed by atoms with Gasteiger partial charge in [-0.25, -0.2) is 13.9 Å². The van der Waals surface area contributed by atoms with Gasteiger partial charge >= 0.3 is 5.97 Å². The number of hydrogen-bond acceptors (Lipinski definition) is 2. The summed E-state index contributed by atoms with van der Waals surface area (Å²) in [5.41, 5.74) is 2.00. The molecule has 0 unspecified atom stereocenters. The van der Waals surface area contributed by atoms with Crippen molar-refractivity contribution >= 4 is 17.0 Å². The van der Waals surface area contributed by atoms with E-state index in [9.17, 15) is 4.79 Å². The number of esters is 1. The van der Waals surface area contributed by atoms with Crippen molar-refractivity contribution in [2.45, 2.75) is 86.3 Å². The molecule has 1 saturated carbocycles. The zero-order valence-electron chi connectivity index (χ0n) is 20.2. The Balaban J connectivity index is 2.04. The fraction of sp³-hybridized carbons (Fsp3) is 0.692. The minimum Gasteiger partial charge on any atom is -0.459 e. The first kappa shape index (κ1) is 22.8. The van der Waals surface area contributed by atoms with Crippen LogP contribution in [0.5, 0.6) is 0 Å². The maximum Gasteiger partial charge on any atom is 0.352 e. The summed E-state index contributed by atoms with van der Waals surface area (Å²) in [5, 5.41) is 0. The number of carbonyl (C=O) groups is 1. The van der Waals surface area contributed by atoms with Crippen LogP contribution in [-0.2, 0) is 23.0 Å². The Hall–Kier alpha value is -1.84. The van der Waals surface area contributed by atoms with E-state index in [4.69, 9.17) is 4.74 Å². The Labute approximate surface area is 182 Å². The monoisotopic (exact) mass is 413 g/mol. The second-order valence-corrected chi connectivity index (χ2v) is 10.8. The Morgan fingerprint density at radius 3 is 2.50 bits per heavy atom. The maximum atomic E-state index is 13.8. The summed E-state index contributed by atoms with van der Waals surface area (Å²) in [4.78, 5) is 13.8. The number of benzene rings is 1. The average molecular weight is 414 g/mol. The molecule has 1 aliphatic rings. The number of nitrogens with zero attached hydrogens (tertiary/aromatic N) is 2. The predicted molar refractivity (Wildman–Crippen MR) is 122 cm³/mol. The van der Waals surface area contributed by atoms with E-state index in [0.29, 0.717) is 17.8 Å². The molecule has 166 valence electrons. The van der Waals surface area contributed by atoms with Crippen molar-refractivity contribution in [2.24, 2.45) is 30.2 Å². The molecule has 0 saturated heterocycles. The molecular weight excluding hydrogens is 372 g/mol. The van der Waals surface area contributed by atoms with Crippen LogP contribution in [0.2, 0.25) is 0 Å². The summed E-state index contributed by atoms with van der Waals surface area (Å²) < 4.78 is 10.8. The third kappa shape index (κ3) is 4.29. The smallest absolute Gasteiger partial charge is 0.352 e. The molecule has 0 amide bonds. The van der Waals surface area contributed by atoms with Crippen molar-refractivity contribution in [1.29, 1.82) is 0 Å². The molecule has 1 aliphatic carbocycles. The van der Waals surface area contributed by atoms with E-state index in [-0.39, 0.29) is 23.5 Å². The van der Waals surface area contributed by atoms with Gasteiger partial charge in [0.25, 0.3) is 5.82 Å². The Morgan fingerprint density at radius 2 is 1.90 bits per heavy atom. The highest BCUT2D eigenvalue weighted by Gasteiger charge is 2.44. The molecule has 4 heteroatoms. The number of aryl methyl sites for hydroxylation is 1. The van der Waals surface area contributed by atoms with Crippen LogP contribution >= 0.6 is 0 Å². The standard InChI is InChI=1S/C26H41N2O2/c1-9-23-27(8)20-12-10-11-13-21(20)28(23)24(26(5,6)7)25(29)30-22-16-18(4)14-15-19(22)17(2)3/h10-13,17-19,22,24H,9,14-16H2,1-8H3/q+1/t18-,19+,22-,24+/m1/s1. The lowest BCUT2D eigenvalue weighted by atomic mass is 9.75. The molecule has 0 N–H and O–H groups in total. The molecule has 1 heterocycles. The molecule has 0 radical (unpaired) electrons. The highest BCUT2D eigenvalue weighted by molar-refractivity contribution is 5.80. The van der Waals surface area contributed by atoms with Crippen LogP contribution in [-0.4, -0.2) is 16.6 Å². The van der Waals surface area contributed by atoms with Gasteiger partial charge in [-0.1, -0.05) is 67.0 Å². The van der Waals surface area contributed by atoms with Gasteiger partial charge in [0, 0.05) is 11.8 Å². The van der Waals surface area contributed by atoms with E-state index < -0.39 is 0 Å². The van der Waals surface area contributed by atoms with Gasteiger partial charge in [0.05, 0.1) is 7.05 Å². The summed E-state index contributed by atoms with van der Waals surface area (Å²) in [7, 11) is 2.10. The SMILES string of the molecule is CCc1n([C@@H](C(=O)O[C@@H]2C[C@H](C)CC[C@H]2C(C)C)C(C)(C)C)c2ccccc2[n+]1C. The van der Waals surface area contributed by atoms with Gasteiger partial charge in [-0.3, -0.25) is 0 Å². The number of imidazole rings is 1. The lowest BCUT2D eigenvalue weighted by Crippen LogP contribution is -2.42. The van der Waals surface area contributed by atoms with Crippen molar-refractivity contribution in [3.8, 4) is 0 Å². The second-order valence-electron chi connectivity index (χ2n) is 10.8. The highest BCUT2D eigenvalue weighted by atomic mass is 16.5. The molecule has 1 aromatic heterocycles. The summed E-state index contributed by atoms with van der Waals surface area (Å²) in [6.07, 6.45) is 4.24. The predicted octanol–water partition coefficient (Wildman–Crippen LogP) is 5.62. The first-order valence-electron chi connectivity index (χ1n) is 11.7. The summed E-state index contributed by atoms with van der Waals surface area (Å²) >= 11 is 0. The fourth-order valence-corrected chi connectivity index (χ4v) is 5.40. The van der Waals surface area contributed by atoms with E-state index in [1.165, 1.54) is 6.42 Å². The van der Waals surface area contributed by atoms with Crippen LogP contribution in [0.3, 0.4) is 0 Å². The van der Waals surface area contributed by atoms with E-state index >= 15 is 0 Å². The normalized spacial score (nSPS) is 23.7. The number of carbonyl (C=O) groups excluding carboxylic acids is 1. The Bertz CT molecular complexity index is 890. The molecule has 1 fully saturated rings. The molecule has 1 aromatic carbocycles. The van der Waals surface area contributed by atoms with Crippen molar-refractivity contribution in [3.63, 3.8) is 0 Å². The molecular formula is C26H41N2O2+. The Morgan fingerprint density at radius 1 is 1.23 bits per heavy atom. The van der Waals surface area contributed by atoms with Crippen molar-refractivity contribution in [1.82, 2.24) is 4.57 Å². The number of fused-ring (bicyclic) bond motifs is 1. The van der Waals surface area contributed by atoms with Crippen LogP contribution in [0.4, 0.5) is 0 Å². The molecule has 30 heavy (non-hydrogen) atoms. The van der Waals surface area contributed by atoms with Crippen LogP contribution in [0.15, 0.2) is 24.3 Å². The first-order chi connectivity index (χ1) is 14.1. The molecule has 0 spiro atoms. The average Bonchev–Trinajstić information content (AvgIpc) is 2.92. The van der Waals surface area contributed by atoms with Gasteiger partial charge in [-0.15, -0.1) is 0 Å². The molecule has 0 aliphatic heterocycles. The number of rotatable bonds is 5. The van der Waals surface area contributed by atoms with Gasteiger partial charge in [0.2, 0.25) is 6.04 Å². The molecule has 0 bridgehead atoms. The zero-order valence-corrected chi connectivity index (χ0v) is 20.2. The minimum absolute atomic E-state index is 0.0201. The fourth-order valence-electron chi connectivity index (χ4n) is 5.40. The van der Waals surface area contributed by atoms with Crippen LogP contribution in [0.25, 0.3) is 11.0 Å². The number of para-hydroxylation sites is 2. The number of ether oxygens (including phenoxy) is 1. The van der Waals surface area contributed by atoms with Gasteiger partial charge in [-0.05, 0) is 42.7 Å². The second kappa shape index (κ2) is 8.72. The van der Waals surface area contributed by atoms with Gasteiger partial charge in [0.1, 0.15) is 6.10 Å². The van der Waals surface area contributed by atoms with Crippen molar-refractivity contribution < 1.29 is 14.1 Å². The lowest BCUT2D eigenvalue weighted by molar-refractivity contribution is -0.654. The van der Waals surface area contributed by atoms with Crippen LogP contribution in [0, 0.1) is 23.2 Å². The summed E-state index contributed by atoms with van der Waals surface area (Å²) in [5.74, 6) is 2.67. The summed E-state index contributed by atoms with van der Waals surface area (Å²) in [6, 6.07) is 8.02. The largest absolute Gasteiger partial charge is 0.459 e. The molecule has 4 atom stereocenters. The first-order valence-corrected chi connectivity index (χ1v) is 11.7. The van der Waals surface area contributed by atoms with E-state index in [0.717, 1.165) is 36.1 Å². The number of aromatic nitrogens is 2. The van der Waals surface area contributed by atoms with Crippen molar-refractivity contribution in [3.05, 3.63) is 30.1 Å². The molecule has 2 aromatic rings. The van der Waals surface area contributed by atoms with Crippen LogP contribution in [0.1, 0.15) is 79.6 Å². The summed E-state index contributed by atoms with van der Waals surface area (Å²) in [6.45, 7) is 15.4. The molecule has 3 rings (SSSR count). The third-order valence-electron chi connectivity index (χ3n) is 7.01. The minimum atomic E-state index is -0.358. The van der Waals surface area contributed by atoms with Crippen LogP contribution < -0.4 is 4.57 Å². The quantitative estimate of drug-likeness (QED) is 0.471. The third-order valence-corrected chi connectivity index (χ3v) is 7.01. The Kier molecular flexibility index (Phi) is 6.64. The highest BCUT2D eigenvalue weighted by Crippen LogP contribution is 2.39. The topological polar surface area (TPSA) is 35.1 Å².